The van der Waals surface area contributed by atoms with Gasteiger partial charge in [-0.05, 0) is 45.6 Å². The average molecular weight is 626 g/mol. The van der Waals surface area contributed by atoms with Crippen LogP contribution in [-0.2, 0) is 33.4 Å². The summed E-state index contributed by atoms with van der Waals surface area (Å²) >= 11 is 0. The molecule has 2 bridgehead atoms. The largest absolute Gasteiger partial charge is 0.455 e. The van der Waals surface area contributed by atoms with Crippen molar-refractivity contribution in [3.05, 3.63) is 61.2 Å². The lowest BCUT2D eigenvalue weighted by molar-refractivity contribution is -0.163. The minimum absolute atomic E-state index is 0.0657. The highest BCUT2D eigenvalue weighted by Crippen LogP contribution is 2.59. The predicted octanol–water partition coefficient (Wildman–Crippen LogP) is 2.55. The number of nitrogens with one attached hydrogen (secondary N) is 1. The first kappa shape index (κ1) is 34.3. The average Bonchev–Trinajstić information content (AvgIpc) is 3.68. The fourth-order valence-electron chi connectivity index (χ4n) is 7.18. The molecule has 1 aromatic carbocycles. The molecule has 45 heavy (non-hydrogen) atoms. The second-order valence-corrected chi connectivity index (χ2v) is 12.4. The first-order valence-corrected chi connectivity index (χ1v) is 15.7. The van der Waals surface area contributed by atoms with Crippen molar-refractivity contribution < 1.29 is 38.5 Å². The Bertz CT molecular complexity index is 1260. The van der Waals surface area contributed by atoms with Gasteiger partial charge >= 0.3 is 5.97 Å². The van der Waals surface area contributed by atoms with Crippen LogP contribution in [0.15, 0.2) is 55.6 Å². The van der Waals surface area contributed by atoms with Crippen molar-refractivity contribution in [2.45, 2.75) is 88.4 Å². The van der Waals surface area contributed by atoms with Crippen LogP contribution in [-0.4, -0.2) is 101 Å². The lowest BCUT2D eigenvalue weighted by atomic mass is 9.70. The molecule has 3 saturated heterocycles. The molecule has 3 aliphatic heterocycles. The highest BCUT2D eigenvalue weighted by Gasteiger charge is 2.75. The van der Waals surface area contributed by atoms with Crippen LogP contribution in [0.1, 0.15) is 58.1 Å². The number of aliphatic hydroxyl groups excluding tert-OH is 1. The van der Waals surface area contributed by atoms with E-state index < -0.39 is 59.6 Å². The maximum Gasteiger partial charge on any atom is 0.313 e. The number of hydrogen-bond acceptors (Lipinski definition) is 8. The molecule has 3 amide bonds. The summed E-state index contributed by atoms with van der Waals surface area (Å²) < 4.78 is 18.2. The van der Waals surface area contributed by atoms with Crippen molar-refractivity contribution in [2.24, 2.45) is 11.8 Å². The van der Waals surface area contributed by atoms with E-state index in [-0.39, 0.29) is 44.0 Å². The topological polar surface area (TPSA) is 135 Å². The summed E-state index contributed by atoms with van der Waals surface area (Å²) in [5.41, 5.74) is -0.595. The third-order valence-corrected chi connectivity index (χ3v) is 9.22. The van der Waals surface area contributed by atoms with E-state index in [0.29, 0.717) is 24.8 Å². The number of esters is 1. The van der Waals surface area contributed by atoms with Crippen LogP contribution in [0.2, 0.25) is 0 Å². The monoisotopic (exact) mass is 625 g/mol. The Morgan fingerprint density at radius 2 is 1.91 bits per heavy atom. The minimum atomic E-state index is -1.24. The molecule has 4 rings (SSSR count). The van der Waals surface area contributed by atoms with Gasteiger partial charge in [0.2, 0.25) is 17.7 Å². The molecule has 8 atom stereocenters. The number of carbonyl (C=O) groups is 4. The molecule has 3 fully saturated rings. The molecule has 11 heteroatoms. The number of hydrogen-bond donors (Lipinski definition) is 2. The van der Waals surface area contributed by atoms with E-state index in [0.717, 1.165) is 0 Å². The molecule has 0 radical (unpaired) electrons. The molecule has 0 aromatic heterocycles. The van der Waals surface area contributed by atoms with Gasteiger partial charge in [0, 0.05) is 26.1 Å². The third kappa shape index (κ3) is 6.57. The zero-order valence-electron chi connectivity index (χ0n) is 26.7. The van der Waals surface area contributed by atoms with Crippen LogP contribution in [0.3, 0.4) is 0 Å². The summed E-state index contributed by atoms with van der Waals surface area (Å²) in [6.07, 6.45) is 3.31. The summed E-state index contributed by atoms with van der Waals surface area (Å²) in [6.45, 7) is 12.9. The first-order valence-electron chi connectivity index (χ1n) is 15.7. The number of allylic oxidation sites excluding steroid dienone is 1. The molecule has 246 valence electrons. The Hall–Kier alpha value is -3.54. The van der Waals surface area contributed by atoms with E-state index in [2.05, 4.69) is 18.5 Å². The molecule has 0 saturated carbocycles. The number of benzene rings is 1. The van der Waals surface area contributed by atoms with E-state index >= 15 is 0 Å². The number of carbonyl (C=O) groups excluding carboxylic acids is 4. The number of likely N-dealkylation sites (tertiary alicyclic amines) is 1. The predicted molar refractivity (Wildman–Crippen MR) is 167 cm³/mol. The molecule has 1 spiro atoms. The van der Waals surface area contributed by atoms with E-state index in [1.165, 1.54) is 12.0 Å². The smallest absolute Gasteiger partial charge is 0.313 e. The first-order chi connectivity index (χ1) is 21.6. The highest BCUT2D eigenvalue weighted by molar-refractivity contribution is 5.98. The number of amides is 3. The summed E-state index contributed by atoms with van der Waals surface area (Å²) in [6, 6.07) is 6.46. The van der Waals surface area contributed by atoms with Crippen LogP contribution in [0.4, 0.5) is 0 Å². The van der Waals surface area contributed by atoms with E-state index in [9.17, 15) is 24.3 Å². The van der Waals surface area contributed by atoms with Crippen LogP contribution < -0.4 is 5.32 Å². The van der Waals surface area contributed by atoms with Crippen LogP contribution >= 0.6 is 0 Å². The van der Waals surface area contributed by atoms with Crippen molar-refractivity contribution in [2.75, 3.05) is 26.9 Å². The standard InChI is InChI=1S/C34H47N3O8/c1-7-9-15-26(39)35-24(20-43-6)29(23-13-11-10-12-14-23)44-33(42)27-25-16-17-34(45-25)28(27)31(40)37(22(5)19-38)30(34)32(41)36(18-8-2)21(3)4/h7-8,10-14,21-22,24-25,27-30,38H,1-2,9,15-20H2,3-6H3,(H,35,39)/t22-,24-,25+,27-,28-,29-,30+,34-/m1/s1. The molecular formula is C34H47N3O8. The lowest BCUT2D eigenvalue weighted by Gasteiger charge is -2.39. The summed E-state index contributed by atoms with van der Waals surface area (Å²) in [5.74, 6) is -3.55. The zero-order chi connectivity index (χ0) is 32.9. The van der Waals surface area contributed by atoms with E-state index in [1.54, 1.807) is 36.1 Å². The lowest BCUT2D eigenvalue weighted by Crippen LogP contribution is -2.59. The molecule has 0 unspecified atom stereocenters. The molecular weight excluding hydrogens is 578 g/mol. The summed E-state index contributed by atoms with van der Waals surface area (Å²) in [4.78, 5) is 58.5. The number of rotatable bonds is 16. The van der Waals surface area contributed by atoms with Gasteiger partial charge in [-0.15, -0.1) is 13.2 Å². The van der Waals surface area contributed by atoms with Crippen LogP contribution in [0, 0.1) is 11.8 Å². The van der Waals surface area contributed by atoms with Crippen molar-refractivity contribution in [1.29, 1.82) is 0 Å². The summed E-state index contributed by atoms with van der Waals surface area (Å²) in [5, 5.41) is 13.1. The molecule has 0 aliphatic carbocycles. The van der Waals surface area contributed by atoms with Crippen molar-refractivity contribution in [3.8, 4) is 0 Å². The molecule has 3 heterocycles. The second-order valence-electron chi connectivity index (χ2n) is 12.4. The number of fused-ring (bicyclic) bond motifs is 1. The van der Waals surface area contributed by atoms with Gasteiger partial charge < -0.3 is 34.4 Å². The Labute approximate surface area is 265 Å². The molecule has 2 N–H and O–H groups in total. The van der Waals surface area contributed by atoms with Gasteiger partial charge in [0.15, 0.2) is 0 Å². The Morgan fingerprint density at radius 1 is 1.20 bits per heavy atom. The normalized spacial score (nSPS) is 27.1. The highest BCUT2D eigenvalue weighted by atomic mass is 16.6. The molecule has 11 nitrogen and oxygen atoms in total. The van der Waals surface area contributed by atoms with Gasteiger partial charge in [0.05, 0.1) is 43.2 Å². The number of ether oxygens (including phenoxy) is 3. The van der Waals surface area contributed by atoms with E-state index in [1.807, 2.05) is 32.0 Å². The van der Waals surface area contributed by atoms with Gasteiger partial charge in [-0.2, -0.15) is 0 Å². The van der Waals surface area contributed by atoms with Gasteiger partial charge in [-0.3, -0.25) is 19.2 Å². The van der Waals surface area contributed by atoms with E-state index in [4.69, 9.17) is 14.2 Å². The van der Waals surface area contributed by atoms with Crippen LogP contribution in [0.25, 0.3) is 0 Å². The number of nitrogens with zero attached hydrogens (tertiary/aromatic N) is 2. The summed E-state index contributed by atoms with van der Waals surface area (Å²) in [7, 11) is 1.50. The SMILES string of the molecule is C=CCCC(=O)N[C@H](COC)[C@H](OC(=O)[C@@H]1[C@@H]2CC[C@]3(O2)[C@H](C(=O)N(CC=C)C(C)C)N([C@H](C)CO)C(=O)[C@@H]13)c1ccccc1. The maximum atomic E-state index is 14.2. The minimum Gasteiger partial charge on any atom is -0.455 e. The van der Waals surface area contributed by atoms with Gasteiger partial charge in [-0.1, -0.05) is 42.5 Å². The van der Waals surface area contributed by atoms with Gasteiger partial charge in [0.1, 0.15) is 17.7 Å². The fraction of sp³-hybridized carbons (Fsp3) is 0.588. The maximum absolute atomic E-state index is 14.2. The Kier molecular flexibility index (Phi) is 11.2. The molecule has 1 aromatic rings. The third-order valence-electron chi connectivity index (χ3n) is 9.22. The Morgan fingerprint density at radius 3 is 2.51 bits per heavy atom. The second kappa shape index (κ2) is 14.7. The number of aliphatic hydroxyl groups is 1. The van der Waals surface area contributed by atoms with Crippen molar-refractivity contribution >= 4 is 23.7 Å². The molecule has 3 aliphatic rings. The van der Waals surface area contributed by atoms with Crippen molar-refractivity contribution in [3.63, 3.8) is 0 Å². The van der Waals surface area contributed by atoms with Crippen LogP contribution in [0.5, 0.6) is 0 Å². The Balaban J connectivity index is 1.70. The van der Waals surface area contributed by atoms with Gasteiger partial charge in [0.25, 0.3) is 0 Å². The zero-order valence-corrected chi connectivity index (χ0v) is 26.7. The fourth-order valence-corrected chi connectivity index (χ4v) is 7.18. The van der Waals surface area contributed by atoms with Gasteiger partial charge in [-0.25, -0.2) is 0 Å². The number of methoxy groups -OCH3 is 1. The quantitative estimate of drug-likeness (QED) is 0.212. The van der Waals surface area contributed by atoms with Crippen molar-refractivity contribution in [1.82, 2.24) is 15.1 Å².